The zero-order chi connectivity index (χ0) is 11.5. The lowest BCUT2D eigenvalue weighted by Gasteiger charge is -2.00. The molecular formula is C13H11NOS. The van der Waals surface area contributed by atoms with E-state index in [1.807, 2.05) is 31.2 Å². The van der Waals surface area contributed by atoms with Crippen molar-refractivity contribution in [3.63, 3.8) is 0 Å². The van der Waals surface area contributed by atoms with Gasteiger partial charge in [0.1, 0.15) is 0 Å². The third-order valence-electron chi connectivity index (χ3n) is 2.30. The van der Waals surface area contributed by atoms with Crippen LogP contribution in [-0.2, 0) is 0 Å². The van der Waals surface area contributed by atoms with Gasteiger partial charge in [-0.3, -0.25) is 9.78 Å². The van der Waals surface area contributed by atoms with Crippen molar-refractivity contribution in [1.82, 2.24) is 4.98 Å². The zero-order valence-electron chi connectivity index (χ0n) is 8.84. The normalized spacial score (nSPS) is 10.1. The van der Waals surface area contributed by atoms with Crippen molar-refractivity contribution >= 4 is 12.6 Å². The highest BCUT2D eigenvalue weighted by Gasteiger charge is 2.04. The number of nitrogens with zero attached hydrogens (tertiary/aromatic N) is 1. The van der Waals surface area contributed by atoms with E-state index in [1.165, 1.54) is 6.07 Å². The van der Waals surface area contributed by atoms with Gasteiger partial charge in [-0.05, 0) is 24.6 Å². The van der Waals surface area contributed by atoms with Gasteiger partial charge in [0, 0.05) is 11.8 Å². The maximum atomic E-state index is 11.6. The largest absolute Gasteiger partial charge is 0.289 e. The maximum absolute atomic E-state index is 11.6. The molecule has 80 valence electrons. The number of rotatable bonds is 1. The summed E-state index contributed by atoms with van der Waals surface area (Å²) < 4.78 is 0. The maximum Gasteiger partial charge on any atom is 0.192 e. The molecule has 2 rings (SSSR count). The highest BCUT2D eigenvalue weighted by atomic mass is 32.1. The fraction of sp³-hybridized carbons (Fsp3) is 0.0769. The molecule has 2 aromatic rings. The molecule has 0 aliphatic heterocycles. The minimum absolute atomic E-state index is 0.0919. The van der Waals surface area contributed by atoms with Crippen LogP contribution in [0.2, 0.25) is 0 Å². The molecule has 0 saturated carbocycles. The van der Waals surface area contributed by atoms with E-state index in [-0.39, 0.29) is 5.43 Å². The molecule has 0 atom stereocenters. The van der Waals surface area contributed by atoms with Crippen molar-refractivity contribution in [3.8, 4) is 11.3 Å². The lowest BCUT2D eigenvalue weighted by Crippen LogP contribution is -1.97. The minimum Gasteiger partial charge on any atom is -0.289 e. The Balaban J connectivity index is 2.66. The summed E-state index contributed by atoms with van der Waals surface area (Å²) in [6.07, 6.45) is 1.78. The van der Waals surface area contributed by atoms with Gasteiger partial charge in [-0.25, -0.2) is 0 Å². The fourth-order valence-electron chi connectivity index (χ4n) is 1.42. The summed E-state index contributed by atoms with van der Waals surface area (Å²) >= 11 is 4.24. The van der Waals surface area contributed by atoms with Crippen molar-refractivity contribution < 1.29 is 0 Å². The van der Waals surface area contributed by atoms with E-state index in [2.05, 4.69) is 17.6 Å². The number of aromatic nitrogens is 1. The summed E-state index contributed by atoms with van der Waals surface area (Å²) in [6.45, 7) is 1.97. The van der Waals surface area contributed by atoms with Gasteiger partial charge < -0.3 is 0 Å². The van der Waals surface area contributed by atoms with Crippen molar-refractivity contribution in [1.29, 1.82) is 0 Å². The van der Waals surface area contributed by atoms with Crippen LogP contribution < -0.4 is 5.43 Å². The lowest BCUT2D eigenvalue weighted by molar-refractivity contribution is 1.25. The first-order chi connectivity index (χ1) is 7.68. The second-order valence-electron chi connectivity index (χ2n) is 3.57. The number of hydrogen-bond acceptors (Lipinski definition) is 3. The molecule has 0 N–H and O–H groups in total. The molecule has 3 heteroatoms. The summed E-state index contributed by atoms with van der Waals surface area (Å²) in [5, 5.41) is 0. The monoisotopic (exact) mass is 229 g/mol. The number of aryl methyl sites for hydroxylation is 1. The number of thiol groups is 1. The van der Waals surface area contributed by atoms with Crippen LogP contribution in [0.15, 0.2) is 52.3 Å². The summed E-state index contributed by atoms with van der Waals surface area (Å²) in [6, 6.07) is 10.7. The van der Waals surface area contributed by atoms with E-state index in [4.69, 9.17) is 0 Å². The van der Waals surface area contributed by atoms with Crippen LogP contribution in [0.5, 0.6) is 0 Å². The predicted molar refractivity (Wildman–Crippen MR) is 67.9 cm³/mol. The molecule has 0 spiro atoms. The Morgan fingerprint density at radius 1 is 1.12 bits per heavy atom. The first-order valence-electron chi connectivity index (χ1n) is 4.94. The average Bonchev–Trinajstić information content (AvgIpc) is 2.44. The smallest absolute Gasteiger partial charge is 0.192 e. The summed E-state index contributed by atoms with van der Waals surface area (Å²) in [4.78, 5) is 16.3. The number of pyridine rings is 1. The Hall–Kier alpha value is -1.61. The van der Waals surface area contributed by atoms with Gasteiger partial charge in [-0.15, -0.1) is 12.6 Å². The zero-order valence-corrected chi connectivity index (χ0v) is 9.74. The highest BCUT2D eigenvalue weighted by Crippen LogP contribution is 2.20. The van der Waals surface area contributed by atoms with Crippen LogP contribution in [0.25, 0.3) is 11.3 Å². The van der Waals surface area contributed by atoms with Crippen LogP contribution in [0.3, 0.4) is 0 Å². The molecule has 0 radical (unpaired) electrons. The molecule has 0 saturated heterocycles. The molecule has 16 heavy (non-hydrogen) atoms. The topological polar surface area (TPSA) is 30.0 Å². The minimum atomic E-state index is -0.0919. The Morgan fingerprint density at radius 2 is 1.88 bits per heavy atom. The Morgan fingerprint density at radius 3 is 2.56 bits per heavy atom. The van der Waals surface area contributed by atoms with Crippen molar-refractivity contribution in [3.05, 3.63) is 58.4 Å². The molecule has 0 fully saturated rings. The van der Waals surface area contributed by atoms with Crippen LogP contribution >= 0.6 is 12.6 Å². The first-order valence-corrected chi connectivity index (χ1v) is 5.38. The van der Waals surface area contributed by atoms with Crippen LogP contribution in [-0.4, -0.2) is 4.98 Å². The second-order valence-corrected chi connectivity index (χ2v) is 4.01. The molecular weight excluding hydrogens is 218 g/mol. The molecule has 1 heterocycles. The van der Waals surface area contributed by atoms with Crippen LogP contribution in [0, 0.1) is 6.92 Å². The van der Waals surface area contributed by atoms with E-state index >= 15 is 0 Å². The fourth-order valence-corrected chi connectivity index (χ4v) is 1.68. The summed E-state index contributed by atoms with van der Waals surface area (Å²) in [5.74, 6) is 0. The Labute approximate surface area is 99.4 Å². The third-order valence-corrected chi connectivity index (χ3v) is 2.76. The highest BCUT2D eigenvalue weighted by molar-refractivity contribution is 7.80. The molecule has 0 amide bonds. The van der Waals surface area contributed by atoms with E-state index in [9.17, 15) is 4.79 Å². The van der Waals surface area contributed by atoms with Gasteiger partial charge in [0.05, 0.1) is 10.6 Å². The van der Waals surface area contributed by atoms with Crippen molar-refractivity contribution in [2.24, 2.45) is 0 Å². The molecule has 1 aromatic heterocycles. The summed E-state index contributed by atoms with van der Waals surface area (Å²) in [5.41, 5.74) is 2.53. The van der Waals surface area contributed by atoms with E-state index in [0.717, 1.165) is 16.8 Å². The quantitative estimate of drug-likeness (QED) is 0.762. The van der Waals surface area contributed by atoms with Crippen LogP contribution in [0.4, 0.5) is 0 Å². The molecule has 0 aliphatic carbocycles. The molecule has 0 aliphatic rings. The van der Waals surface area contributed by atoms with E-state index < -0.39 is 0 Å². The van der Waals surface area contributed by atoms with Gasteiger partial charge in [0.15, 0.2) is 5.43 Å². The Kier molecular flexibility index (Phi) is 3.06. The van der Waals surface area contributed by atoms with Crippen molar-refractivity contribution in [2.45, 2.75) is 11.8 Å². The van der Waals surface area contributed by atoms with E-state index in [0.29, 0.717) is 4.90 Å². The van der Waals surface area contributed by atoms with Gasteiger partial charge in [0.2, 0.25) is 0 Å². The number of hydrogen-bond donors (Lipinski definition) is 1. The standard InChI is InChI=1S/C13H11NOS/c1-9-6-7-11(14-8-9)10-4-2-3-5-12(15)13(10)16/h2-8H,1H3,(H,15,16). The third kappa shape index (κ3) is 2.14. The SMILES string of the molecule is Cc1ccc(-c2ccccc(=O)c2S)nc1. The van der Waals surface area contributed by atoms with E-state index in [1.54, 1.807) is 12.3 Å². The predicted octanol–water partition coefficient (Wildman–Crippen LogP) is 2.71. The lowest BCUT2D eigenvalue weighted by atomic mass is 10.1. The van der Waals surface area contributed by atoms with Crippen LogP contribution in [0.1, 0.15) is 5.56 Å². The average molecular weight is 229 g/mol. The second kappa shape index (κ2) is 4.49. The molecule has 2 nitrogen and oxygen atoms in total. The van der Waals surface area contributed by atoms with Gasteiger partial charge >= 0.3 is 0 Å². The summed E-state index contributed by atoms with van der Waals surface area (Å²) in [7, 11) is 0. The molecule has 0 unspecified atom stereocenters. The Bertz CT molecular complexity index is 564. The molecule has 0 bridgehead atoms. The molecule has 1 aromatic carbocycles. The van der Waals surface area contributed by atoms with Crippen molar-refractivity contribution in [2.75, 3.05) is 0 Å². The first kappa shape index (κ1) is 10.9. The van der Waals surface area contributed by atoms with Gasteiger partial charge in [-0.2, -0.15) is 0 Å². The van der Waals surface area contributed by atoms with Gasteiger partial charge in [0.25, 0.3) is 0 Å². The van der Waals surface area contributed by atoms with Gasteiger partial charge in [-0.1, -0.05) is 24.3 Å².